The van der Waals surface area contributed by atoms with Crippen LogP contribution in [-0.4, -0.2) is 19.5 Å². The third-order valence-electron chi connectivity index (χ3n) is 2.75. The van der Waals surface area contributed by atoms with Gasteiger partial charge in [-0.3, -0.25) is 4.72 Å². The number of hydrogen-bond acceptors (Lipinski definition) is 4. The maximum absolute atomic E-state index is 12.2. The van der Waals surface area contributed by atoms with E-state index in [1.165, 1.54) is 12.1 Å². The Labute approximate surface area is 134 Å². The number of carboxylic acid groups (broad SMARTS) is 1. The Hall–Kier alpha value is -1.38. The Bertz CT molecular complexity index is 788. The molecule has 2 aromatic rings. The van der Waals surface area contributed by atoms with Crippen LogP contribution in [0.2, 0.25) is 0 Å². The van der Waals surface area contributed by atoms with Crippen LogP contribution in [0.4, 0.5) is 5.69 Å². The number of nitrogens with one attached hydrogen (secondary N) is 1. The number of carboxylic acids is 1. The fraction of sp³-hybridized carbons (Fsp3) is 0.154. The van der Waals surface area contributed by atoms with Crippen LogP contribution in [0.3, 0.4) is 0 Å². The molecule has 5 nitrogen and oxygen atoms in total. The third-order valence-corrected chi connectivity index (χ3v) is 6.94. The third kappa shape index (κ3) is 3.45. The van der Waals surface area contributed by atoms with Gasteiger partial charge in [0.1, 0.15) is 9.09 Å². The molecule has 8 heteroatoms. The molecule has 112 valence electrons. The molecule has 0 spiro atoms. The van der Waals surface area contributed by atoms with Gasteiger partial charge in [-0.2, -0.15) is 0 Å². The van der Waals surface area contributed by atoms with Gasteiger partial charge in [0.05, 0.1) is 0 Å². The number of aryl methyl sites for hydroxylation is 2. The van der Waals surface area contributed by atoms with E-state index in [4.69, 9.17) is 5.11 Å². The average Bonchev–Trinajstić information content (AvgIpc) is 2.85. The maximum atomic E-state index is 12.2. The molecule has 0 unspecified atom stereocenters. The number of aromatic carboxylic acids is 1. The normalized spacial score (nSPS) is 11.4. The van der Waals surface area contributed by atoms with Gasteiger partial charge < -0.3 is 5.11 Å². The fourth-order valence-electron chi connectivity index (χ4n) is 1.79. The summed E-state index contributed by atoms with van der Waals surface area (Å²) < 4.78 is 27.8. The molecular weight excluding hydrogens is 378 g/mol. The molecule has 1 heterocycles. The van der Waals surface area contributed by atoms with Crippen LogP contribution >= 0.6 is 27.3 Å². The number of anilines is 1. The SMILES string of the molecule is Cc1cc(NS(=O)(=O)c2ccc(C(=O)O)s2)cc(C)c1Br. The lowest BCUT2D eigenvalue weighted by molar-refractivity contribution is 0.0702. The van der Waals surface area contributed by atoms with Crippen molar-refractivity contribution in [1.82, 2.24) is 0 Å². The molecule has 1 aromatic heterocycles. The highest BCUT2D eigenvalue weighted by molar-refractivity contribution is 9.10. The quantitative estimate of drug-likeness (QED) is 0.835. The lowest BCUT2D eigenvalue weighted by Gasteiger charge is -2.10. The van der Waals surface area contributed by atoms with Crippen molar-refractivity contribution in [3.05, 3.63) is 44.7 Å². The molecule has 0 aliphatic carbocycles. The molecule has 0 saturated carbocycles. The molecule has 0 aliphatic rings. The molecule has 0 atom stereocenters. The minimum Gasteiger partial charge on any atom is -0.477 e. The lowest BCUT2D eigenvalue weighted by Crippen LogP contribution is -2.11. The summed E-state index contributed by atoms with van der Waals surface area (Å²) in [6.07, 6.45) is 0. The van der Waals surface area contributed by atoms with E-state index in [1.54, 1.807) is 12.1 Å². The van der Waals surface area contributed by atoms with E-state index < -0.39 is 16.0 Å². The first kappa shape index (κ1) is 16.0. The van der Waals surface area contributed by atoms with Crippen LogP contribution in [0.15, 0.2) is 32.9 Å². The average molecular weight is 390 g/mol. The molecule has 0 bridgehead atoms. The second-order valence-electron chi connectivity index (χ2n) is 4.45. The molecule has 0 amide bonds. The number of hydrogen-bond donors (Lipinski definition) is 2. The highest BCUT2D eigenvalue weighted by Crippen LogP contribution is 2.28. The second kappa shape index (κ2) is 5.78. The molecule has 2 N–H and O–H groups in total. The Kier molecular flexibility index (Phi) is 4.40. The van der Waals surface area contributed by atoms with Crippen molar-refractivity contribution in [1.29, 1.82) is 0 Å². The Morgan fingerprint density at radius 1 is 1.24 bits per heavy atom. The Balaban J connectivity index is 2.35. The molecule has 21 heavy (non-hydrogen) atoms. The second-order valence-corrected chi connectivity index (χ2v) is 8.24. The van der Waals surface area contributed by atoms with E-state index >= 15 is 0 Å². The van der Waals surface area contributed by atoms with E-state index in [1.807, 2.05) is 13.8 Å². The lowest BCUT2D eigenvalue weighted by atomic mass is 10.1. The van der Waals surface area contributed by atoms with Crippen LogP contribution in [-0.2, 0) is 10.0 Å². The molecule has 2 rings (SSSR count). The van der Waals surface area contributed by atoms with Gasteiger partial charge in [-0.25, -0.2) is 13.2 Å². The number of sulfonamides is 1. The molecule has 0 fully saturated rings. The Morgan fingerprint density at radius 2 is 1.81 bits per heavy atom. The van der Waals surface area contributed by atoms with Crippen molar-refractivity contribution in [3.63, 3.8) is 0 Å². The van der Waals surface area contributed by atoms with E-state index in [0.717, 1.165) is 26.9 Å². The zero-order valence-corrected chi connectivity index (χ0v) is 14.4. The van der Waals surface area contributed by atoms with Crippen LogP contribution in [0.1, 0.15) is 20.8 Å². The van der Waals surface area contributed by atoms with Gasteiger partial charge in [0.15, 0.2) is 0 Å². The molecule has 1 aromatic carbocycles. The number of thiophene rings is 1. The standard InChI is InChI=1S/C13H12BrNO4S2/c1-7-5-9(6-8(2)12(7)14)15-21(18,19)11-4-3-10(20-11)13(16)17/h3-6,15H,1-2H3,(H,16,17). The summed E-state index contributed by atoms with van der Waals surface area (Å²) >= 11 is 4.14. The van der Waals surface area contributed by atoms with Gasteiger partial charge in [0.25, 0.3) is 10.0 Å². The highest BCUT2D eigenvalue weighted by atomic mass is 79.9. The first-order valence-electron chi connectivity index (χ1n) is 5.83. The molecular formula is C13H12BrNO4S2. The number of rotatable bonds is 4. The summed E-state index contributed by atoms with van der Waals surface area (Å²) in [5.41, 5.74) is 2.26. The van der Waals surface area contributed by atoms with Crippen molar-refractivity contribution < 1.29 is 18.3 Å². The monoisotopic (exact) mass is 389 g/mol. The van der Waals surface area contributed by atoms with Gasteiger partial charge >= 0.3 is 5.97 Å². The first-order chi connectivity index (χ1) is 9.70. The topological polar surface area (TPSA) is 83.5 Å². The maximum Gasteiger partial charge on any atom is 0.345 e. The predicted octanol–water partition coefficient (Wildman–Crippen LogP) is 3.63. The molecule has 0 radical (unpaired) electrons. The number of benzene rings is 1. The number of carbonyl (C=O) groups is 1. The van der Waals surface area contributed by atoms with E-state index in [-0.39, 0.29) is 9.09 Å². The summed E-state index contributed by atoms with van der Waals surface area (Å²) in [5.74, 6) is -1.14. The van der Waals surface area contributed by atoms with Crippen LogP contribution < -0.4 is 4.72 Å². The Morgan fingerprint density at radius 3 is 2.29 bits per heavy atom. The molecule has 0 saturated heterocycles. The van der Waals surface area contributed by atoms with Crippen molar-refractivity contribution in [2.24, 2.45) is 0 Å². The van der Waals surface area contributed by atoms with E-state index in [0.29, 0.717) is 5.69 Å². The van der Waals surface area contributed by atoms with Crippen LogP contribution in [0.5, 0.6) is 0 Å². The largest absolute Gasteiger partial charge is 0.477 e. The van der Waals surface area contributed by atoms with Gasteiger partial charge in [0, 0.05) is 10.2 Å². The summed E-state index contributed by atoms with van der Waals surface area (Å²) in [6, 6.07) is 5.98. The number of halogens is 1. The molecule has 0 aliphatic heterocycles. The minimum absolute atomic E-state index is 0.0152. The minimum atomic E-state index is -3.78. The van der Waals surface area contributed by atoms with Crippen molar-refractivity contribution in [2.75, 3.05) is 4.72 Å². The summed E-state index contributed by atoms with van der Waals surface area (Å²) in [5, 5.41) is 8.85. The highest BCUT2D eigenvalue weighted by Gasteiger charge is 2.19. The summed E-state index contributed by atoms with van der Waals surface area (Å²) in [4.78, 5) is 10.8. The van der Waals surface area contributed by atoms with Crippen molar-refractivity contribution >= 4 is 48.9 Å². The fourth-order valence-corrected chi connectivity index (χ4v) is 4.20. The van der Waals surface area contributed by atoms with Gasteiger partial charge in [0.2, 0.25) is 0 Å². The zero-order valence-electron chi connectivity index (χ0n) is 11.2. The first-order valence-corrected chi connectivity index (χ1v) is 8.92. The summed E-state index contributed by atoms with van der Waals surface area (Å²) in [6.45, 7) is 3.73. The smallest absolute Gasteiger partial charge is 0.345 e. The van der Waals surface area contributed by atoms with E-state index in [9.17, 15) is 13.2 Å². The predicted molar refractivity (Wildman–Crippen MR) is 85.7 cm³/mol. The van der Waals surface area contributed by atoms with Crippen molar-refractivity contribution in [3.8, 4) is 0 Å². The van der Waals surface area contributed by atoms with Gasteiger partial charge in [-0.15, -0.1) is 11.3 Å². The summed E-state index contributed by atoms with van der Waals surface area (Å²) in [7, 11) is -3.78. The van der Waals surface area contributed by atoms with Crippen molar-refractivity contribution in [2.45, 2.75) is 18.1 Å². The van der Waals surface area contributed by atoms with Gasteiger partial charge in [-0.1, -0.05) is 15.9 Å². The van der Waals surface area contributed by atoms with Crippen LogP contribution in [0.25, 0.3) is 0 Å². The zero-order chi connectivity index (χ0) is 15.8. The van der Waals surface area contributed by atoms with Gasteiger partial charge in [-0.05, 0) is 49.2 Å². The van der Waals surface area contributed by atoms with Crippen LogP contribution in [0, 0.1) is 13.8 Å². The van der Waals surface area contributed by atoms with E-state index in [2.05, 4.69) is 20.7 Å².